The third-order valence-corrected chi connectivity index (χ3v) is 4.04. The van der Waals surface area contributed by atoms with E-state index in [-0.39, 0.29) is 5.78 Å². The molecular weight excluding hydrogens is 326 g/mol. The number of nitrogen functional groups attached to an aromatic ring is 1. The Morgan fingerprint density at radius 2 is 1.76 bits per heavy atom. The van der Waals surface area contributed by atoms with Gasteiger partial charge in [0.2, 0.25) is 0 Å². The highest BCUT2D eigenvalue weighted by Gasteiger charge is 2.12. The Labute approximate surface area is 131 Å². The predicted octanol–water partition coefficient (Wildman–Crippen LogP) is 4.61. The molecule has 0 saturated heterocycles. The smallest absolute Gasteiger partial charge is 0.169 e. The SMILES string of the molecule is Nc1ccc(Br)cc1C(=O)Cc1cccc2ccccc12. The van der Waals surface area contributed by atoms with Gasteiger partial charge in [-0.2, -0.15) is 0 Å². The molecular formula is C18H14BrNO. The number of benzene rings is 3. The molecule has 0 amide bonds. The van der Waals surface area contributed by atoms with E-state index >= 15 is 0 Å². The standard InChI is InChI=1S/C18H14BrNO/c19-14-8-9-17(20)16(11-14)18(21)10-13-6-3-5-12-4-1-2-7-15(12)13/h1-9,11H,10,20H2. The summed E-state index contributed by atoms with van der Waals surface area (Å²) in [5.41, 5.74) is 8.02. The number of anilines is 1. The maximum atomic E-state index is 12.5. The quantitative estimate of drug-likeness (QED) is 0.559. The average Bonchev–Trinajstić information content (AvgIpc) is 2.50. The predicted molar refractivity (Wildman–Crippen MR) is 90.5 cm³/mol. The Morgan fingerprint density at radius 3 is 2.62 bits per heavy atom. The zero-order valence-electron chi connectivity index (χ0n) is 11.3. The van der Waals surface area contributed by atoms with E-state index in [4.69, 9.17) is 5.73 Å². The normalized spacial score (nSPS) is 10.7. The van der Waals surface area contributed by atoms with Crippen LogP contribution >= 0.6 is 15.9 Å². The van der Waals surface area contributed by atoms with E-state index in [9.17, 15) is 4.79 Å². The lowest BCUT2D eigenvalue weighted by molar-refractivity contribution is 0.0994. The molecule has 2 N–H and O–H groups in total. The van der Waals surface area contributed by atoms with E-state index in [2.05, 4.69) is 28.1 Å². The zero-order valence-corrected chi connectivity index (χ0v) is 12.9. The molecule has 0 aliphatic carbocycles. The molecule has 0 spiro atoms. The Bertz CT molecular complexity index is 821. The molecule has 3 aromatic carbocycles. The van der Waals surface area contributed by atoms with Crippen molar-refractivity contribution in [2.45, 2.75) is 6.42 Å². The monoisotopic (exact) mass is 339 g/mol. The summed E-state index contributed by atoms with van der Waals surface area (Å²) < 4.78 is 0.859. The minimum atomic E-state index is 0.0325. The van der Waals surface area contributed by atoms with E-state index < -0.39 is 0 Å². The Kier molecular flexibility index (Phi) is 3.76. The first kappa shape index (κ1) is 13.8. The zero-order chi connectivity index (χ0) is 14.8. The number of hydrogen-bond acceptors (Lipinski definition) is 2. The molecule has 104 valence electrons. The fraction of sp³-hybridized carbons (Fsp3) is 0.0556. The third-order valence-electron chi connectivity index (χ3n) is 3.55. The molecule has 3 heteroatoms. The van der Waals surface area contributed by atoms with Gasteiger partial charge in [0, 0.05) is 22.1 Å². The molecule has 0 heterocycles. The van der Waals surface area contributed by atoms with Crippen molar-refractivity contribution >= 4 is 38.2 Å². The van der Waals surface area contributed by atoms with Crippen LogP contribution in [0.4, 0.5) is 5.69 Å². The maximum absolute atomic E-state index is 12.5. The molecule has 2 nitrogen and oxygen atoms in total. The summed E-state index contributed by atoms with van der Waals surface area (Å²) in [5.74, 6) is 0.0325. The van der Waals surface area contributed by atoms with Crippen LogP contribution in [0.1, 0.15) is 15.9 Å². The van der Waals surface area contributed by atoms with Gasteiger partial charge in [-0.3, -0.25) is 4.79 Å². The second kappa shape index (κ2) is 5.70. The Hall–Kier alpha value is -2.13. The molecule has 0 atom stereocenters. The molecule has 21 heavy (non-hydrogen) atoms. The third kappa shape index (κ3) is 2.83. The maximum Gasteiger partial charge on any atom is 0.169 e. The van der Waals surface area contributed by atoms with Gasteiger partial charge in [0.05, 0.1) is 0 Å². The summed E-state index contributed by atoms with van der Waals surface area (Å²) in [4.78, 5) is 12.5. The molecule has 0 aliphatic heterocycles. The number of hydrogen-bond donors (Lipinski definition) is 1. The molecule has 3 rings (SSSR count). The van der Waals surface area contributed by atoms with Crippen molar-refractivity contribution in [1.29, 1.82) is 0 Å². The summed E-state index contributed by atoms with van der Waals surface area (Å²) >= 11 is 3.38. The van der Waals surface area contributed by atoms with E-state index in [1.165, 1.54) is 0 Å². The molecule has 0 aliphatic rings. The molecule has 0 radical (unpaired) electrons. The van der Waals surface area contributed by atoms with Crippen LogP contribution < -0.4 is 5.73 Å². The van der Waals surface area contributed by atoms with Gasteiger partial charge in [-0.25, -0.2) is 0 Å². The van der Waals surface area contributed by atoms with Crippen molar-refractivity contribution in [3.8, 4) is 0 Å². The van der Waals surface area contributed by atoms with Crippen molar-refractivity contribution in [1.82, 2.24) is 0 Å². The second-order valence-corrected chi connectivity index (χ2v) is 5.89. The minimum Gasteiger partial charge on any atom is -0.398 e. The van der Waals surface area contributed by atoms with Crippen LogP contribution in [0.2, 0.25) is 0 Å². The van der Waals surface area contributed by atoms with Crippen molar-refractivity contribution in [2.75, 3.05) is 5.73 Å². The largest absolute Gasteiger partial charge is 0.398 e. The van der Waals surface area contributed by atoms with E-state index in [1.54, 1.807) is 12.1 Å². The van der Waals surface area contributed by atoms with Crippen LogP contribution in [0, 0.1) is 0 Å². The highest BCUT2D eigenvalue weighted by molar-refractivity contribution is 9.10. The molecule has 0 unspecified atom stereocenters. The van der Waals surface area contributed by atoms with Crippen molar-refractivity contribution in [2.24, 2.45) is 0 Å². The Balaban J connectivity index is 1.99. The van der Waals surface area contributed by atoms with E-state index in [1.807, 2.05) is 36.4 Å². The number of fused-ring (bicyclic) bond motifs is 1. The van der Waals surface area contributed by atoms with Crippen LogP contribution in [0.25, 0.3) is 10.8 Å². The lowest BCUT2D eigenvalue weighted by atomic mass is 9.97. The van der Waals surface area contributed by atoms with Gasteiger partial charge in [-0.1, -0.05) is 58.4 Å². The number of rotatable bonds is 3. The van der Waals surface area contributed by atoms with Gasteiger partial charge < -0.3 is 5.73 Å². The first-order valence-electron chi connectivity index (χ1n) is 6.70. The number of carbonyl (C=O) groups is 1. The van der Waals surface area contributed by atoms with Crippen LogP contribution in [-0.2, 0) is 6.42 Å². The lowest BCUT2D eigenvalue weighted by Crippen LogP contribution is -2.07. The van der Waals surface area contributed by atoms with E-state index in [0.717, 1.165) is 20.8 Å². The van der Waals surface area contributed by atoms with Crippen LogP contribution in [0.15, 0.2) is 65.1 Å². The van der Waals surface area contributed by atoms with E-state index in [0.29, 0.717) is 17.7 Å². The molecule has 0 aromatic heterocycles. The van der Waals surface area contributed by atoms with Gasteiger partial charge in [-0.05, 0) is 34.5 Å². The van der Waals surface area contributed by atoms with Gasteiger partial charge >= 0.3 is 0 Å². The number of Topliss-reactive ketones (excluding diaryl/α,β-unsaturated/α-hetero) is 1. The number of nitrogens with two attached hydrogens (primary N) is 1. The first-order chi connectivity index (χ1) is 10.1. The van der Waals surface area contributed by atoms with Crippen LogP contribution in [-0.4, -0.2) is 5.78 Å². The topological polar surface area (TPSA) is 43.1 Å². The van der Waals surface area contributed by atoms with Crippen LogP contribution in [0.5, 0.6) is 0 Å². The summed E-state index contributed by atoms with van der Waals surface area (Å²) in [6.45, 7) is 0. The second-order valence-electron chi connectivity index (χ2n) is 4.97. The highest BCUT2D eigenvalue weighted by Crippen LogP contribution is 2.23. The minimum absolute atomic E-state index is 0.0325. The summed E-state index contributed by atoms with van der Waals surface area (Å²) in [6.07, 6.45) is 0.349. The lowest BCUT2D eigenvalue weighted by Gasteiger charge is -2.08. The van der Waals surface area contributed by atoms with Gasteiger partial charge in [0.1, 0.15) is 0 Å². The molecule has 0 fully saturated rings. The number of halogens is 1. The summed E-state index contributed by atoms with van der Waals surface area (Å²) in [7, 11) is 0. The van der Waals surface area contributed by atoms with Crippen molar-refractivity contribution < 1.29 is 4.79 Å². The number of ketones is 1. The van der Waals surface area contributed by atoms with Gasteiger partial charge in [0.15, 0.2) is 5.78 Å². The Morgan fingerprint density at radius 1 is 1.00 bits per heavy atom. The van der Waals surface area contributed by atoms with Gasteiger partial charge in [0.25, 0.3) is 0 Å². The van der Waals surface area contributed by atoms with Crippen LogP contribution in [0.3, 0.4) is 0 Å². The highest BCUT2D eigenvalue weighted by atomic mass is 79.9. The molecule has 0 saturated carbocycles. The fourth-order valence-electron chi connectivity index (χ4n) is 2.48. The molecule has 3 aromatic rings. The molecule has 0 bridgehead atoms. The van der Waals surface area contributed by atoms with Gasteiger partial charge in [-0.15, -0.1) is 0 Å². The summed E-state index contributed by atoms with van der Waals surface area (Å²) in [5, 5.41) is 2.26. The summed E-state index contributed by atoms with van der Waals surface area (Å²) in [6, 6.07) is 19.5. The first-order valence-corrected chi connectivity index (χ1v) is 7.49. The van der Waals surface area contributed by atoms with Crippen molar-refractivity contribution in [3.05, 3.63) is 76.3 Å². The van der Waals surface area contributed by atoms with Crippen molar-refractivity contribution in [3.63, 3.8) is 0 Å². The average molecular weight is 340 g/mol. The fourth-order valence-corrected chi connectivity index (χ4v) is 2.85. The number of carbonyl (C=O) groups excluding carboxylic acids is 1.